The van der Waals surface area contributed by atoms with Gasteiger partial charge < -0.3 is 50.4 Å². The third kappa shape index (κ3) is 14.0. The Bertz CT molecular complexity index is 1950. The van der Waals surface area contributed by atoms with E-state index in [1.807, 2.05) is 27.7 Å². The number of benzene rings is 2. The summed E-state index contributed by atoms with van der Waals surface area (Å²) < 4.78 is 17.8. The van der Waals surface area contributed by atoms with Gasteiger partial charge in [0, 0.05) is 33.5 Å². The largest absolute Gasteiger partial charge is 0.493 e. The van der Waals surface area contributed by atoms with Crippen molar-refractivity contribution in [3.05, 3.63) is 65.7 Å². The van der Waals surface area contributed by atoms with Crippen LogP contribution in [0.2, 0.25) is 0 Å². The number of nitrogens with one attached hydrogen (secondary N) is 4. The molecule has 64 heavy (non-hydrogen) atoms. The number of carbonyl (C=O) groups is 7. The van der Waals surface area contributed by atoms with Gasteiger partial charge in [0.05, 0.1) is 44.2 Å². The van der Waals surface area contributed by atoms with Gasteiger partial charge in [0.1, 0.15) is 29.5 Å². The van der Waals surface area contributed by atoms with Crippen LogP contribution in [0.4, 0.5) is 0 Å². The van der Waals surface area contributed by atoms with E-state index >= 15 is 0 Å². The van der Waals surface area contributed by atoms with Crippen molar-refractivity contribution < 1.29 is 52.9 Å². The second-order valence-corrected chi connectivity index (χ2v) is 18.2. The Hall–Kier alpha value is -5.55. The van der Waals surface area contributed by atoms with Crippen LogP contribution >= 0.6 is 0 Å². The Morgan fingerprint density at radius 1 is 0.969 bits per heavy atom. The summed E-state index contributed by atoms with van der Waals surface area (Å²) in [6.45, 7) is 7.37. The molecule has 3 aliphatic rings. The molecule has 17 heteroatoms. The lowest BCUT2D eigenvalue weighted by Crippen LogP contribution is -2.59. The second kappa shape index (κ2) is 22.9. The van der Waals surface area contributed by atoms with Crippen molar-refractivity contribution in [2.24, 2.45) is 11.8 Å². The zero-order valence-corrected chi connectivity index (χ0v) is 37.9. The lowest BCUT2D eigenvalue weighted by atomic mass is 9.78. The zero-order chi connectivity index (χ0) is 46.6. The summed E-state index contributed by atoms with van der Waals surface area (Å²) in [6.07, 6.45) is 0.738. The average Bonchev–Trinajstić information content (AvgIpc) is 3.69. The third-order valence-electron chi connectivity index (χ3n) is 11.7. The highest BCUT2D eigenvalue weighted by Crippen LogP contribution is 2.35. The molecule has 1 saturated heterocycles. The molecule has 1 saturated carbocycles. The Morgan fingerprint density at radius 2 is 1.69 bits per heavy atom. The van der Waals surface area contributed by atoms with Crippen LogP contribution in [-0.2, 0) is 49.5 Å². The molecule has 0 spiro atoms. The summed E-state index contributed by atoms with van der Waals surface area (Å²) in [4.78, 5) is 98.0. The molecule has 5 rings (SSSR count). The minimum absolute atomic E-state index is 0.0218. The fourth-order valence-electron chi connectivity index (χ4n) is 8.45. The van der Waals surface area contributed by atoms with E-state index in [2.05, 4.69) is 21.3 Å². The molecule has 2 fully saturated rings. The number of likely N-dealkylation sites (N-methyl/N-ethyl adjacent to an activating group) is 1. The molecule has 350 valence electrons. The highest BCUT2D eigenvalue weighted by Gasteiger charge is 2.46. The first kappa shape index (κ1) is 49.5. The van der Waals surface area contributed by atoms with E-state index in [1.54, 1.807) is 68.7 Å². The van der Waals surface area contributed by atoms with Crippen molar-refractivity contribution in [1.82, 2.24) is 31.1 Å². The number of carbonyl (C=O) groups excluding carboxylic acids is 7. The van der Waals surface area contributed by atoms with Gasteiger partial charge in [-0.15, -0.1) is 0 Å². The van der Waals surface area contributed by atoms with Gasteiger partial charge in [0.2, 0.25) is 29.5 Å². The topological polar surface area (TPSA) is 222 Å². The monoisotopic (exact) mass is 890 g/mol. The molecule has 0 aromatic heterocycles. The Kier molecular flexibility index (Phi) is 17.7. The summed E-state index contributed by atoms with van der Waals surface area (Å²) in [7, 11) is 3.12. The van der Waals surface area contributed by atoms with Gasteiger partial charge in [-0.05, 0) is 82.1 Å². The van der Waals surface area contributed by atoms with Crippen molar-refractivity contribution in [2.45, 2.75) is 127 Å². The van der Waals surface area contributed by atoms with Crippen LogP contribution in [0, 0.1) is 11.8 Å². The Labute approximate surface area is 375 Å². The molecule has 2 aromatic rings. The molecule has 2 heterocycles. The normalized spacial score (nSPS) is 23.3. The van der Waals surface area contributed by atoms with E-state index in [0.717, 1.165) is 0 Å². The maximum atomic E-state index is 14.9. The molecule has 5 N–H and O–H groups in total. The number of rotatable bonds is 13. The molecule has 2 aliphatic heterocycles. The SMILES string of the molecule is CCCC(NC(=O)[C@@H]1C[C@@H]2CN1C(=O)C(C1CCC(C(=O)OC(C)(C)C)CC1)NC(=O)Cc1cccc(c1)OCCCO2)C(O)C(=O)NCC(=O)N[C@H](C(=O)N(C)C)c1ccccc1. The van der Waals surface area contributed by atoms with Crippen LogP contribution in [0.15, 0.2) is 54.6 Å². The van der Waals surface area contributed by atoms with Crippen LogP contribution in [0.1, 0.15) is 96.2 Å². The Balaban J connectivity index is 1.31. The second-order valence-electron chi connectivity index (χ2n) is 18.2. The maximum absolute atomic E-state index is 14.9. The first-order valence-electron chi connectivity index (χ1n) is 22.4. The minimum Gasteiger partial charge on any atom is -0.493 e. The van der Waals surface area contributed by atoms with E-state index in [1.165, 1.54) is 9.80 Å². The zero-order valence-electron chi connectivity index (χ0n) is 37.9. The molecule has 6 atom stereocenters. The first-order valence-corrected chi connectivity index (χ1v) is 22.4. The van der Waals surface area contributed by atoms with Gasteiger partial charge in [-0.3, -0.25) is 33.6 Å². The highest BCUT2D eigenvalue weighted by molar-refractivity contribution is 5.94. The van der Waals surface area contributed by atoms with Crippen LogP contribution in [-0.4, -0.2) is 133 Å². The van der Waals surface area contributed by atoms with Crippen LogP contribution in [0.25, 0.3) is 0 Å². The number of hydrogen-bond donors (Lipinski definition) is 5. The van der Waals surface area contributed by atoms with Gasteiger partial charge >= 0.3 is 5.97 Å². The predicted molar refractivity (Wildman–Crippen MR) is 235 cm³/mol. The van der Waals surface area contributed by atoms with Crippen LogP contribution < -0.4 is 26.0 Å². The lowest BCUT2D eigenvalue weighted by Gasteiger charge is -2.37. The summed E-state index contributed by atoms with van der Waals surface area (Å²) >= 11 is 0. The number of nitrogens with zero attached hydrogens (tertiary/aromatic N) is 2. The van der Waals surface area contributed by atoms with Gasteiger partial charge in [0.25, 0.3) is 5.91 Å². The Morgan fingerprint density at radius 3 is 2.36 bits per heavy atom. The number of hydrogen-bond acceptors (Lipinski definition) is 11. The quantitative estimate of drug-likeness (QED) is 0.184. The molecule has 2 aromatic carbocycles. The molecular weight excluding hydrogens is 825 g/mol. The first-order chi connectivity index (χ1) is 30.4. The smallest absolute Gasteiger partial charge is 0.309 e. The number of esters is 1. The summed E-state index contributed by atoms with van der Waals surface area (Å²) in [5, 5.41) is 22.2. The summed E-state index contributed by atoms with van der Waals surface area (Å²) in [5.41, 5.74) is 0.588. The number of aliphatic hydroxyl groups excluding tert-OH is 1. The fourth-order valence-corrected chi connectivity index (χ4v) is 8.45. The van der Waals surface area contributed by atoms with E-state index in [-0.39, 0.29) is 56.1 Å². The summed E-state index contributed by atoms with van der Waals surface area (Å²) in [6, 6.07) is 11.6. The standard InChI is InChI=1S/C47H66N6O11/c1-7-13-35(41(56)43(58)48-27-38(55)51-39(44(59)52(5)6)30-15-9-8-10-16-30)49-42(57)36-26-34-28-53(36)45(60)40(31-18-20-32(21-19-31)46(61)64-47(2,3)4)50-37(54)25-29-14-11-17-33(24-29)62-22-12-23-63-34/h8-11,14-17,24,31-32,34-36,39-41,56H,7,12-13,18-23,25-28H2,1-6H3,(H,48,58)(H,49,57)(H,50,54)(H,51,55)/t31?,32?,34-,35?,36+,39+,40?,41?/m1/s1. The molecule has 17 nitrogen and oxygen atoms in total. The fraction of sp³-hybridized carbons (Fsp3) is 0.596. The van der Waals surface area contributed by atoms with Gasteiger partial charge in [0.15, 0.2) is 6.10 Å². The molecule has 4 bridgehead atoms. The average molecular weight is 891 g/mol. The van der Waals surface area contributed by atoms with Crippen molar-refractivity contribution in [1.29, 1.82) is 0 Å². The third-order valence-corrected chi connectivity index (χ3v) is 11.7. The number of amides is 6. The van der Waals surface area contributed by atoms with E-state index in [4.69, 9.17) is 14.2 Å². The van der Waals surface area contributed by atoms with Crippen molar-refractivity contribution in [3.63, 3.8) is 0 Å². The predicted octanol–water partition coefficient (Wildman–Crippen LogP) is 2.34. The molecule has 0 radical (unpaired) electrons. The van der Waals surface area contributed by atoms with E-state index in [0.29, 0.717) is 62.0 Å². The molecular formula is C47H66N6O11. The molecule has 1 aliphatic carbocycles. The maximum Gasteiger partial charge on any atom is 0.309 e. The van der Waals surface area contributed by atoms with Crippen molar-refractivity contribution in [3.8, 4) is 5.75 Å². The number of aliphatic hydroxyl groups is 1. The number of fused-ring (bicyclic) bond motifs is 4. The van der Waals surface area contributed by atoms with Gasteiger partial charge in [-0.1, -0.05) is 55.8 Å². The number of ether oxygens (including phenoxy) is 3. The van der Waals surface area contributed by atoms with Crippen molar-refractivity contribution in [2.75, 3.05) is 40.4 Å². The van der Waals surface area contributed by atoms with Gasteiger partial charge in [-0.25, -0.2) is 0 Å². The highest BCUT2D eigenvalue weighted by atomic mass is 16.6. The molecule has 3 unspecified atom stereocenters. The van der Waals surface area contributed by atoms with Crippen LogP contribution in [0.3, 0.4) is 0 Å². The van der Waals surface area contributed by atoms with E-state index < -0.39 is 78.1 Å². The minimum atomic E-state index is -1.78. The summed E-state index contributed by atoms with van der Waals surface area (Å²) in [5.74, 6) is -3.86. The molecule has 6 amide bonds. The van der Waals surface area contributed by atoms with Gasteiger partial charge in [-0.2, -0.15) is 0 Å². The lowest BCUT2D eigenvalue weighted by molar-refractivity contribution is -0.161. The van der Waals surface area contributed by atoms with E-state index in [9.17, 15) is 38.7 Å². The van der Waals surface area contributed by atoms with Crippen molar-refractivity contribution >= 4 is 41.4 Å². The van der Waals surface area contributed by atoms with Crippen LogP contribution in [0.5, 0.6) is 5.75 Å².